The van der Waals surface area contributed by atoms with Gasteiger partial charge in [0.15, 0.2) is 0 Å². The van der Waals surface area contributed by atoms with Crippen LogP contribution >= 0.6 is 11.3 Å². The maximum absolute atomic E-state index is 11.6. The number of nitrogens with one attached hydrogen (secondary N) is 1. The summed E-state index contributed by atoms with van der Waals surface area (Å²) >= 11 is 1.58. The van der Waals surface area contributed by atoms with Gasteiger partial charge < -0.3 is 15.2 Å². The Kier molecular flexibility index (Phi) is 5.53. The van der Waals surface area contributed by atoms with Crippen LogP contribution in [0.1, 0.15) is 38.4 Å². The number of ether oxygens (including phenoxy) is 1. The van der Waals surface area contributed by atoms with E-state index < -0.39 is 17.1 Å². The van der Waals surface area contributed by atoms with Gasteiger partial charge in [0, 0.05) is 17.3 Å². The predicted octanol–water partition coefficient (Wildman–Crippen LogP) is 2.52. The van der Waals surface area contributed by atoms with Gasteiger partial charge in [0.1, 0.15) is 5.60 Å². The van der Waals surface area contributed by atoms with Crippen molar-refractivity contribution in [3.63, 3.8) is 0 Å². The number of aryl methyl sites for hydroxylation is 1. The van der Waals surface area contributed by atoms with Crippen LogP contribution in [0.15, 0.2) is 5.38 Å². The van der Waals surface area contributed by atoms with Crippen molar-refractivity contribution in [1.29, 1.82) is 0 Å². The van der Waals surface area contributed by atoms with Gasteiger partial charge in [-0.05, 0) is 34.1 Å². The number of nitrogens with zero attached hydrogens (tertiary/aromatic N) is 1. The first-order chi connectivity index (χ1) is 9.13. The number of rotatable bonds is 5. The molecule has 0 aliphatic carbocycles. The minimum absolute atomic E-state index is 0.0284. The second kappa shape index (κ2) is 6.54. The van der Waals surface area contributed by atoms with Crippen LogP contribution in [0, 0.1) is 12.3 Å². The third-order valence-electron chi connectivity index (χ3n) is 2.71. The molecular weight excluding hydrogens is 276 g/mol. The molecule has 114 valence electrons. The number of amides is 1. The van der Waals surface area contributed by atoms with Gasteiger partial charge in [-0.3, -0.25) is 0 Å². The fourth-order valence-electron chi connectivity index (χ4n) is 1.70. The van der Waals surface area contributed by atoms with Crippen LogP contribution in [0.5, 0.6) is 0 Å². The molecule has 0 radical (unpaired) electrons. The van der Waals surface area contributed by atoms with Gasteiger partial charge in [0.05, 0.1) is 17.3 Å². The summed E-state index contributed by atoms with van der Waals surface area (Å²) in [6.45, 7) is 9.62. The lowest BCUT2D eigenvalue weighted by Crippen LogP contribution is -2.41. The van der Waals surface area contributed by atoms with E-state index in [0.717, 1.165) is 10.7 Å². The number of carbonyl (C=O) groups is 1. The molecule has 1 unspecified atom stereocenters. The highest BCUT2D eigenvalue weighted by Gasteiger charge is 2.27. The minimum atomic E-state index is -0.522. The minimum Gasteiger partial charge on any atom is -0.444 e. The smallest absolute Gasteiger partial charge is 0.407 e. The molecular formula is C14H24N2O3S. The highest BCUT2D eigenvalue weighted by Crippen LogP contribution is 2.22. The van der Waals surface area contributed by atoms with Gasteiger partial charge in [0.25, 0.3) is 0 Å². The molecule has 0 bridgehead atoms. The highest BCUT2D eigenvalue weighted by molar-refractivity contribution is 7.09. The Labute approximate surface area is 124 Å². The second-order valence-corrected chi connectivity index (χ2v) is 7.42. The topological polar surface area (TPSA) is 71.5 Å². The fraction of sp³-hybridized carbons (Fsp3) is 0.714. The van der Waals surface area contributed by atoms with Gasteiger partial charge >= 0.3 is 6.09 Å². The summed E-state index contributed by atoms with van der Waals surface area (Å²) in [7, 11) is 0. The standard InChI is InChI=1S/C14H24N2O3S/c1-10-16-11(7-20-10)6-14(5,9-17)8-15-12(18)19-13(2,3)4/h7,17H,6,8-9H2,1-5H3,(H,15,18). The van der Waals surface area contributed by atoms with E-state index in [2.05, 4.69) is 10.3 Å². The summed E-state index contributed by atoms with van der Waals surface area (Å²) in [5.41, 5.74) is -0.0293. The van der Waals surface area contributed by atoms with Gasteiger partial charge in [-0.25, -0.2) is 9.78 Å². The summed E-state index contributed by atoms with van der Waals surface area (Å²) in [6.07, 6.45) is 0.149. The molecule has 0 fully saturated rings. The quantitative estimate of drug-likeness (QED) is 0.876. The van der Waals surface area contributed by atoms with Crippen LogP contribution < -0.4 is 5.32 Å². The van der Waals surface area contributed by atoms with E-state index in [4.69, 9.17) is 4.74 Å². The van der Waals surface area contributed by atoms with Crippen LogP contribution in [-0.4, -0.2) is 34.9 Å². The Morgan fingerprint density at radius 1 is 1.45 bits per heavy atom. The Morgan fingerprint density at radius 3 is 2.55 bits per heavy atom. The van der Waals surface area contributed by atoms with Gasteiger partial charge in [-0.2, -0.15) is 0 Å². The van der Waals surface area contributed by atoms with Crippen molar-refractivity contribution in [2.45, 2.75) is 46.6 Å². The normalized spacial score (nSPS) is 14.7. The van der Waals surface area contributed by atoms with Crippen LogP contribution in [0.25, 0.3) is 0 Å². The molecule has 2 N–H and O–H groups in total. The van der Waals surface area contributed by atoms with Crippen molar-refractivity contribution in [3.05, 3.63) is 16.1 Å². The van der Waals surface area contributed by atoms with E-state index in [-0.39, 0.29) is 6.61 Å². The van der Waals surface area contributed by atoms with E-state index in [1.165, 1.54) is 0 Å². The fourth-order valence-corrected chi connectivity index (χ4v) is 2.31. The van der Waals surface area contributed by atoms with E-state index >= 15 is 0 Å². The van der Waals surface area contributed by atoms with Gasteiger partial charge in [-0.1, -0.05) is 6.92 Å². The number of carbonyl (C=O) groups excluding carboxylic acids is 1. The van der Waals surface area contributed by atoms with Gasteiger partial charge in [-0.15, -0.1) is 11.3 Å². The van der Waals surface area contributed by atoms with Crippen molar-refractivity contribution in [3.8, 4) is 0 Å². The molecule has 20 heavy (non-hydrogen) atoms. The Morgan fingerprint density at radius 2 is 2.10 bits per heavy atom. The summed E-state index contributed by atoms with van der Waals surface area (Å²) in [5.74, 6) is 0. The zero-order valence-electron chi connectivity index (χ0n) is 12.8. The lowest BCUT2D eigenvalue weighted by atomic mass is 9.86. The third-order valence-corrected chi connectivity index (χ3v) is 3.54. The molecule has 6 heteroatoms. The van der Waals surface area contributed by atoms with E-state index in [9.17, 15) is 9.90 Å². The number of aliphatic hydroxyl groups is 1. The van der Waals surface area contributed by atoms with Crippen LogP contribution in [0.3, 0.4) is 0 Å². The largest absolute Gasteiger partial charge is 0.444 e. The summed E-state index contributed by atoms with van der Waals surface area (Å²) in [5, 5.41) is 15.3. The average molecular weight is 300 g/mol. The molecule has 1 atom stereocenters. The van der Waals surface area contributed by atoms with Crippen molar-refractivity contribution >= 4 is 17.4 Å². The van der Waals surface area contributed by atoms with Crippen molar-refractivity contribution in [2.24, 2.45) is 5.41 Å². The first-order valence-electron chi connectivity index (χ1n) is 6.62. The maximum atomic E-state index is 11.6. The number of alkyl carbamates (subject to hydrolysis) is 1. The van der Waals surface area contributed by atoms with E-state index in [1.807, 2.05) is 40.0 Å². The Bertz CT molecular complexity index is 454. The summed E-state index contributed by atoms with van der Waals surface area (Å²) in [6, 6.07) is 0. The number of aliphatic hydroxyl groups excluding tert-OH is 1. The molecule has 0 saturated carbocycles. The molecule has 5 nitrogen and oxygen atoms in total. The number of hydrogen-bond donors (Lipinski definition) is 2. The molecule has 1 rings (SSSR count). The van der Waals surface area contributed by atoms with Gasteiger partial charge in [0.2, 0.25) is 0 Å². The summed E-state index contributed by atoms with van der Waals surface area (Å²) in [4.78, 5) is 16.0. The first-order valence-corrected chi connectivity index (χ1v) is 7.50. The lowest BCUT2D eigenvalue weighted by Gasteiger charge is -2.28. The van der Waals surface area contributed by atoms with Crippen molar-refractivity contribution in [1.82, 2.24) is 10.3 Å². The highest BCUT2D eigenvalue weighted by atomic mass is 32.1. The van der Waals surface area contributed by atoms with Crippen LogP contribution in [0.2, 0.25) is 0 Å². The SMILES string of the molecule is Cc1nc(CC(C)(CO)CNC(=O)OC(C)(C)C)cs1. The van der Waals surface area contributed by atoms with Crippen LogP contribution in [-0.2, 0) is 11.2 Å². The van der Waals surface area contributed by atoms with Crippen molar-refractivity contribution < 1.29 is 14.6 Å². The summed E-state index contributed by atoms with van der Waals surface area (Å²) < 4.78 is 5.19. The molecule has 0 spiro atoms. The average Bonchev–Trinajstić information content (AvgIpc) is 2.70. The maximum Gasteiger partial charge on any atom is 0.407 e. The zero-order valence-corrected chi connectivity index (χ0v) is 13.6. The lowest BCUT2D eigenvalue weighted by molar-refractivity contribution is 0.0477. The molecule has 1 aromatic rings. The van der Waals surface area contributed by atoms with E-state index in [0.29, 0.717) is 13.0 Å². The number of thiazole rings is 1. The molecule has 1 heterocycles. The molecule has 0 aromatic carbocycles. The van der Waals surface area contributed by atoms with E-state index in [1.54, 1.807) is 11.3 Å². The molecule has 0 aliphatic rings. The zero-order chi connectivity index (χ0) is 15.4. The molecule has 1 aromatic heterocycles. The number of hydrogen-bond acceptors (Lipinski definition) is 5. The third kappa shape index (κ3) is 5.88. The van der Waals surface area contributed by atoms with Crippen LogP contribution in [0.4, 0.5) is 4.79 Å². The number of aromatic nitrogens is 1. The Hall–Kier alpha value is -1.14. The monoisotopic (exact) mass is 300 g/mol. The first kappa shape index (κ1) is 16.9. The second-order valence-electron chi connectivity index (χ2n) is 6.36. The molecule has 1 amide bonds. The Balaban J connectivity index is 2.55. The molecule has 0 saturated heterocycles. The van der Waals surface area contributed by atoms with Crippen molar-refractivity contribution in [2.75, 3.05) is 13.2 Å². The predicted molar refractivity (Wildman–Crippen MR) is 80.0 cm³/mol. The molecule has 0 aliphatic heterocycles.